The lowest BCUT2D eigenvalue weighted by atomic mass is 10.1. The normalized spacial score (nSPS) is 10.7. The average Bonchev–Trinajstić information content (AvgIpc) is 2.80. The second-order valence-corrected chi connectivity index (χ2v) is 7.50. The Balaban J connectivity index is 1.38. The Hall–Kier alpha value is -3.93. The number of nitrogens with one attached hydrogen (secondary N) is 2. The molecule has 32 heavy (non-hydrogen) atoms. The fourth-order valence-corrected chi connectivity index (χ4v) is 3.02. The van der Waals surface area contributed by atoms with E-state index in [-0.39, 0.29) is 24.7 Å². The number of rotatable bonds is 9. The first-order valence-electron chi connectivity index (χ1n) is 10.5. The number of benzene rings is 3. The maximum atomic E-state index is 12.1. The second kappa shape index (κ2) is 11.5. The van der Waals surface area contributed by atoms with Crippen LogP contribution in [-0.4, -0.2) is 18.0 Å². The molecule has 6 heteroatoms. The summed E-state index contributed by atoms with van der Waals surface area (Å²) >= 11 is 0. The van der Waals surface area contributed by atoms with Gasteiger partial charge < -0.3 is 10.1 Å². The van der Waals surface area contributed by atoms with Crippen molar-refractivity contribution in [2.75, 3.05) is 5.32 Å². The van der Waals surface area contributed by atoms with Gasteiger partial charge in [0.25, 0.3) is 0 Å². The molecule has 6 nitrogen and oxygen atoms in total. The van der Waals surface area contributed by atoms with Gasteiger partial charge in [0.05, 0.1) is 6.21 Å². The molecule has 3 aromatic rings. The Morgan fingerprint density at radius 2 is 1.62 bits per heavy atom. The van der Waals surface area contributed by atoms with Crippen molar-refractivity contribution in [3.8, 4) is 5.75 Å². The lowest BCUT2D eigenvalue weighted by Gasteiger charge is -2.08. The van der Waals surface area contributed by atoms with Crippen molar-refractivity contribution in [3.05, 3.63) is 95.1 Å². The largest absolute Gasteiger partial charge is 0.489 e. The van der Waals surface area contributed by atoms with Gasteiger partial charge in [-0.15, -0.1) is 0 Å². The quantitative estimate of drug-likeness (QED) is 0.380. The van der Waals surface area contributed by atoms with E-state index in [0.29, 0.717) is 6.61 Å². The SMILES string of the molecule is Cc1ccc(NC(=O)CCC(=O)N/N=C\c2ccc(OCc3ccccc3)cc2)c(C)c1. The molecule has 0 bridgehead atoms. The average molecular weight is 430 g/mol. The van der Waals surface area contributed by atoms with E-state index in [2.05, 4.69) is 15.8 Å². The number of hydrazone groups is 1. The van der Waals surface area contributed by atoms with Crippen LogP contribution >= 0.6 is 0 Å². The summed E-state index contributed by atoms with van der Waals surface area (Å²) < 4.78 is 5.75. The molecule has 0 saturated carbocycles. The Bertz CT molecular complexity index is 1080. The van der Waals surface area contributed by atoms with Crippen LogP contribution in [0.3, 0.4) is 0 Å². The number of anilines is 1. The highest BCUT2D eigenvalue weighted by Gasteiger charge is 2.08. The molecule has 3 rings (SSSR count). The highest BCUT2D eigenvalue weighted by atomic mass is 16.5. The van der Waals surface area contributed by atoms with E-state index < -0.39 is 0 Å². The topological polar surface area (TPSA) is 79.8 Å². The summed E-state index contributed by atoms with van der Waals surface area (Å²) in [6.45, 7) is 4.44. The van der Waals surface area contributed by atoms with Gasteiger partial charge in [0.2, 0.25) is 11.8 Å². The van der Waals surface area contributed by atoms with Crippen LogP contribution in [-0.2, 0) is 16.2 Å². The van der Waals surface area contributed by atoms with E-state index in [0.717, 1.165) is 33.7 Å². The number of hydrogen-bond acceptors (Lipinski definition) is 4. The lowest BCUT2D eigenvalue weighted by Crippen LogP contribution is -2.20. The van der Waals surface area contributed by atoms with Crippen molar-refractivity contribution >= 4 is 23.7 Å². The first-order chi connectivity index (χ1) is 15.5. The zero-order chi connectivity index (χ0) is 22.8. The Kier molecular flexibility index (Phi) is 8.15. The summed E-state index contributed by atoms with van der Waals surface area (Å²) in [6, 6.07) is 23.2. The van der Waals surface area contributed by atoms with Crippen molar-refractivity contribution in [3.63, 3.8) is 0 Å². The standard InChI is InChI=1S/C26H27N3O3/c1-19-8-13-24(20(2)16-19)28-25(30)14-15-26(31)29-27-17-21-9-11-23(12-10-21)32-18-22-6-4-3-5-7-22/h3-13,16-17H,14-15,18H2,1-2H3,(H,28,30)(H,29,31)/b27-17-. The van der Waals surface area contributed by atoms with Crippen LogP contribution in [0.5, 0.6) is 5.75 Å². The molecule has 0 aliphatic carbocycles. The Morgan fingerprint density at radius 1 is 0.906 bits per heavy atom. The number of amides is 2. The minimum absolute atomic E-state index is 0.0559. The van der Waals surface area contributed by atoms with Crippen LogP contribution in [0.4, 0.5) is 5.69 Å². The maximum absolute atomic E-state index is 12.1. The fourth-order valence-electron chi connectivity index (χ4n) is 3.02. The summed E-state index contributed by atoms with van der Waals surface area (Å²) in [5, 5.41) is 6.78. The van der Waals surface area contributed by atoms with Crippen LogP contribution in [0.15, 0.2) is 77.9 Å². The van der Waals surface area contributed by atoms with Gasteiger partial charge in [-0.25, -0.2) is 5.43 Å². The first-order valence-corrected chi connectivity index (χ1v) is 10.5. The van der Waals surface area contributed by atoms with Crippen molar-refractivity contribution in [2.24, 2.45) is 5.10 Å². The van der Waals surface area contributed by atoms with Gasteiger partial charge in [0, 0.05) is 18.5 Å². The molecule has 0 heterocycles. The highest BCUT2D eigenvalue weighted by Crippen LogP contribution is 2.16. The van der Waals surface area contributed by atoms with Gasteiger partial charge in [-0.2, -0.15) is 5.10 Å². The smallest absolute Gasteiger partial charge is 0.240 e. The van der Waals surface area contributed by atoms with Gasteiger partial charge in [-0.1, -0.05) is 48.0 Å². The van der Waals surface area contributed by atoms with Crippen molar-refractivity contribution in [1.29, 1.82) is 0 Å². The molecule has 0 saturated heterocycles. The van der Waals surface area contributed by atoms with Crippen molar-refractivity contribution < 1.29 is 14.3 Å². The zero-order valence-electron chi connectivity index (χ0n) is 18.3. The zero-order valence-corrected chi connectivity index (χ0v) is 18.3. The number of hydrogen-bond donors (Lipinski definition) is 2. The maximum Gasteiger partial charge on any atom is 0.240 e. The lowest BCUT2D eigenvalue weighted by molar-refractivity contribution is -0.124. The number of ether oxygens (including phenoxy) is 1. The van der Waals surface area contributed by atoms with E-state index >= 15 is 0 Å². The summed E-state index contributed by atoms with van der Waals surface area (Å²) in [5.74, 6) is 0.229. The Labute approximate surface area is 188 Å². The first kappa shape index (κ1) is 22.7. The molecule has 0 fully saturated rings. The molecule has 0 atom stereocenters. The number of carbonyl (C=O) groups excluding carboxylic acids is 2. The van der Waals surface area contributed by atoms with Crippen LogP contribution in [0.2, 0.25) is 0 Å². The molecule has 0 unspecified atom stereocenters. The fraction of sp³-hybridized carbons (Fsp3) is 0.192. The summed E-state index contributed by atoms with van der Waals surface area (Å²) in [7, 11) is 0. The molecule has 2 N–H and O–H groups in total. The second-order valence-electron chi connectivity index (χ2n) is 7.50. The van der Waals surface area contributed by atoms with Crippen LogP contribution in [0, 0.1) is 13.8 Å². The molecule has 0 aromatic heterocycles. The third-order valence-electron chi connectivity index (χ3n) is 4.77. The van der Waals surface area contributed by atoms with E-state index in [1.54, 1.807) is 6.21 Å². The molecule has 0 aliphatic rings. The third-order valence-corrected chi connectivity index (χ3v) is 4.77. The number of nitrogens with zero attached hydrogens (tertiary/aromatic N) is 1. The van der Waals surface area contributed by atoms with E-state index in [9.17, 15) is 9.59 Å². The van der Waals surface area contributed by atoms with Crippen molar-refractivity contribution in [2.45, 2.75) is 33.3 Å². The molecule has 0 aliphatic heterocycles. The molecule has 3 aromatic carbocycles. The van der Waals surface area contributed by atoms with Gasteiger partial charge in [0.1, 0.15) is 12.4 Å². The van der Waals surface area contributed by atoms with Crippen LogP contribution in [0.25, 0.3) is 0 Å². The van der Waals surface area contributed by atoms with E-state index in [1.165, 1.54) is 0 Å². The van der Waals surface area contributed by atoms with Gasteiger partial charge in [0.15, 0.2) is 0 Å². The predicted molar refractivity (Wildman–Crippen MR) is 127 cm³/mol. The monoisotopic (exact) mass is 429 g/mol. The highest BCUT2D eigenvalue weighted by molar-refractivity contribution is 5.94. The Morgan fingerprint density at radius 3 is 2.34 bits per heavy atom. The molecular weight excluding hydrogens is 402 g/mol. The van der Waals surface area contributed by atoms with E-state index in [4.69, 9.17) is 4.74 Å². The third kappa shape index (κ3) is 7.40. The molecule has 0 spiro atoms. The molecule has 164 valence electrons. The molecule has 0 radical (unpaired) electrons. The molecule has 2 amide bonds. The van der Waals surface area contributed by atoms with Crippen molar-refractivity contribution in [1.82, 2.24) is 5.43 Å². The minimum Gasteiger partial charge on any atom is -0.489 e. The van der Waals surface area contributed by atoms with Gasteiger partial charge in [-0.3, -0.25) is 9.59 Å². The van der Waals surface area contributed by atoms with Crippen LogP contribution < -0.4 is 15.5 Å². The van der Waals surface area contributed by atoms with Gasteiger partial charge >= 0.3 is 0 Å². The van der Waals surface area contributed by atoms with Crippen LogP contribution in [0.1, 0.15) is 35.1 Å². The molecular formula is C26H27N3O3. The summed E-state index contributed by atoms with van der Waals surface area (Å²) in [5.41, 5.74) is 7.26. The minimum atomic E-state index is -0.320. The van der Waals surface area contributed by atoms with E-state index in [1.807, 2.05) is 86.6 Å². The summed E-state index contributed by atoms with van der Waals surface area (Å²) in [6.07, 6.45) is 1.69. The number of aryl methyl sites for hydroxylation is 2. The van der Waals surface area contributed by atoms with Gasteiger partial charge in [-0.05, 0) is 60.9 Å². The predicted octanol–water partition coefficient (Wildman–Crippen LogP) is 4.75. The number of carbonyl (C=O) groups is 2. The summed E-state index contributed by atoms with van der Waals surface area (Å²) in [4.78, 5) is 24.0.